The largest absolute Gasteiger partial charge is 0.384 e. The average Bonchev–Trinajstić information content (AvgIpc) is 2.48. The minimum absolute atomic E-state index is 0.294. The maximum absolute atomic E-state index is 14.1. The summed E-state index contributed by atoms with van der Waals surface area (Å²) in [5.74, 6) is -0.294. The van der Waals surface area contributed by atoms with E-state index in [0.717, 1.165) is 55.4 Å². The molecule has 0 bridgehead atoms. The van der Waals surface area contributed by atoms with Gasteiger partial charge in [0.15, 0.2) is 0 Å². The molecule has 2 nitrogen and oxygen atoms in total. The molecular weight excluding hydrogens is 275 g/mol. The van der Waals surface area contributed by atoms with E-state index in [4.69, 9.17) is 11.6 Å². The molecular formula is C16H18ClFN2. The third-order valence-electron chi connectivity index (χ3n) is 3.87. The van der Waals surface area contributed by atoms with Gasteiger partial charge in [-0.1, -0.05) is 18.5 Å². The van der Waals surface area contributed by atoms with Crippen LogP contribution >= 0.6 is 11.6 Å². The molecule has 1 N–H and O–H groups in total. The molecule has 1 aliphatic carbocycles. The molecule has 0 aliphatic heterocycles. The molecule has 2 aromatic rings. The zero-order valence-corrected chi connectivity index (χ0v) is 12.4. The van der Waals surface area contributed by atoms with Crippen molar-refractivity contribution in [3.05, 3.63) is 34.2 Å². The van der Waals surface area contributed by atoms with Gasteiger partial charge in [0.1, 0.15) is 11.3 Å². The van der Waals surface area contributed by atoms with Crippen LogP contribution in [0.5, 0.6) is 0 Å². The molecule has 106 valence electrons. The minimum atomic E-state index is -0.294. The Morgan fingerprint density at radius 1 is 1.30 bits per heavy atom. The second-order valence-electron chi connectivity index (χ2n) is 5.30. The highest BCUT2D eigenvalue weighted by Crippen LogP contribution is 2.37. The average molecular weight is 293 g/mol. The van der Waals surface area contributed by atoms with Crippen molar-refractivity contribution in [3.8, 4) is 0 Å². The van der Waals surface area contributed by atoms with Gasteiger partial charge in [-0.2, -0.15) is 0 Å². The van der Waals surface area contributed by atoms with Crippen molar-refractivity contribution in [3.63, 3.8) is 0 Å². The van der Waals surface area contributed by atoms with E-state index in [1.807, 2.05) is 0 Å². The van der Waals surface area contributed by atoms with Gasteiger partial charge in [0.05, 0.1) is 10.7 Å². The standard InChI is InChI=1S/C16H18ClFN2/c1-2-9-19-15-10-5-3-4-6-13(10)20-16-12(18)8-7-11(17)14(15)16/h7-8H,2-6,9H2,1H3,(H,19,20). The molecule has 1 aromatic heterocycles. The van der Waals surface area contributed by atoms with Gasteiger partial charge < -0.3 is 5.32 Å². The number of pyridine rings is 1. The third kappa shape index (κ3) is 2.24. The van der Waals surface area contributed by atoms with Crippen LogP contribution in [-0.4, -0.2) is 11.5 Å². The van der Waals surface area contributed by atoms with Gasteiger partial charge in [0, 0.05) is 17.6 Å². The molecule has 1 aliphatic rings. The fourth-order valence-corrected chi connectivity index (χ4v) is 3.15. The van der Waals surface area contributed by atoms with Gasteiger partial charge in [0.2, 0.25) is 0 Å². The Bertz CT molecular complexity index is 655. The maximum Gasteiger partial charge on any atom is 0.149 e. The van der Waals surface area contributed by atoms with Crippen molar-refractivity contribution in [2.45, 2.75) is 39.0 Å². The SMILES string of the molecule is CCCNc1c2c(nc3c(F)ccc(Cl)c13)CCCC2. The zero-order valence-electron chi connectivity index (χ0n) is 11.6. The number of anilines is 1. The summed E-state index contributed by atoms with van der Waals surface area (Å²) < 4.78 is 14.1. The number of aryl methyl sites for hydroxylation is 1. The van der Waals surface area contributed by atoms with Crippen molar-refractivity contribution >= 4 is 28.2 Å². The Balaban J connectivity index is 2.30. The van der Waals surface area contributed by atoms with E-state index >= 15 is 0 Å². The highest BCUT2D eigenvalue weighted by atomic mass is 35.5. The van der Waals surface area contributed by atoms with Crippen molar-refractivity contribution in [1.29, 1.82) is 0 Å². The molecule has 1 aromatic carbocycles. The van der Waals surface area contributed by atoms with Crippen molar-refractivity contribution in [1.82, 2.24) is 4.98 Å². The van der Waals surface area contributed by atoms with Crippen LogP contribution in [0.3, 0.4) is 0 Å². The van der Waals surface area contributed by atoms with Gasteiger partial charge in [-0.15, -0.1) is 0 Å². The quantitative estimate of drug-likeness (QED) is 0.885. The minimum Gasteiger partial charge on any atom is -0.384 e. The Hall–Kier alpha value is -1.35. The van der Waals surface area contributed by atoms with Crippen molar-refractivity contribution in [2.75, 3.05) is 11.9 Å². The normalized spacial score (nSPS) is 14.3. The number of hydrogen-bond acceptors (Lipinski definition) is 2. The lowest BCUT2D eigenvalue weighted by molar-refractivity contribution is 0.632. The molecule has 20 heavy (non-hydrogen) atoms. The lowest BCUT2D eigenvalue weighted by Gasteiger charge is -2.22. The maximum atomic E-state index is 14.1. The Morgan fingerprint density at radius 3 is 2.90 bits per heavy atom. The van der Waals surface area contributed by atoms with Crippen LogP contribution in [0.15, 0.2) is 12.1 Å². The molecule has 0 unspecified atom stereocenters. The lowest BCUT2D eigenvalue weighted by Crippen LogP contribution is -2.12. The number of nitrogens with one attached hydrogen (secondary N) is 1. The number of aromatic nitrogens is 1. The second kappa shape index (κ2) is 5.57. The summed E-state index contributed by atoms with van der Waals surface area (Å²) in [5, 5.41) is 4.75. The predicted molar refractivity (Wildman–Crippen MR) is 82.1 cm³/mol. The lowest BCUT2D eigenvalue weighted by atomic mass is 9.92. The van der Waals surface area contributed by atoms with Gasteiger partial charge in [-0.3, -0.25) is 0 Å². The summed E-state index contributed by atoms with van der Waals surface area (Å²) >= 11 is 6.31. The summed E-state index contributed by atoms with van der Waals surface area (Å²) in [6, 6.07) is 3.02. The first kappa shape index (κ1) is 13.6. The first-order valence-corrected chi connectivity index (χ1v) is 7.63. The smallest absolute Gasteiger partial charge is 0.149 e. The first-order chi connectivity index (χ1) is 9.72. The molecule has 1 heterocycles. The van der Waals surface area contributed by atoms with E-state index in [1.165, 1.54) is 11.6 Å². The third-order valence-corrected chi connectivity index (χ3v) is 4.18. The van der Waals surface area contributed by atoms with E-state index < -0.39 is 0 Å². The number of fused-ring (bicyclic) bond motifs is 2. The second-order valence-corrected chi connectivity index (χ2v) is 5.71. The molecule has 0 radical (unpaired) electrons. The zero-order chi connectivity index (χ0) is 14.1. The summed E-state index contributed by atoms with van der Waals surface area (Å²) in [6.45, 7) is 2.98. The van der Waals surface area contributed by atoms with Gasteiger partial charge in [-0.05, 0) is 49.8 Å². The van der Waals surface area contributed by atoms with E-state index in [9.17, 15) is 4.39 Å². The van der Waals surface area contributed by atoms with Crippen molar-refractivity contribution < 1.29 is 4.39 Å². The molecule has 0 fully saturated rings. The van der Waals surface area contributed by atoms with Crippen molar-refractivity contribution in [2.24, 2.45) is 0 Å². The van der Waals surface area contributed by atoms with Crippen LogP contribution < -0.4 is 5.32 Å². The molecule has 3 rings (SSSR count). The monoisotopic (exact) mass is 292 g/mol. The fraction of sp³-hybridized carbons (Fsp3) is 0.438. The van der Waals surface area contributed by atoms with E-state index in [-0.39, 0.29) is 5.82 Å². The van der Waals surface area contributed by atoms with Crippen LogP contribution in [0.25, 0.3) is 10.9 Å². The van der Waals surface area contributed by atoms with Gasteiger partial charge in [-0.25, -0.2) is 9.37 Å². The summed E-state index contributed by atoms with van der Waals surface area (Å²) in [6.07, 6.45) is 5.23. The van der Waals surface area contributed by atoms with Crippen LogP contribution in [0, 0.1) is 5.82 Å². The van der Waals surface area contributed by atoms with Crippen LogP contribution in [0.4, 0.5) is 10.1 Å². The molecule has 0 saturated heterocycles. The van der Waals surface area contributed by atoms with Crippen LogP contribution in [-0.2, 0) is 12.8 Å². The van der Waals surface area contributed by atoms with E-state index in [0.29, 0.717) is 10.5 Å². The first-order valence-electron chi connectivity index (χ1n) is 7.25. The van der Waals surface area contributed by atoms with E-state index in [2.05, 4.69) is 17.2 Å². The summed E-state index contributed by atoms with van der Waals surface area (Å²) in [4.78, 5) is 4.55. The number of hydrogen-bond donors (Lipinski definition) is 1. The Labute approximate surface area is 123 Å². The molecule has 4 heteroatoms. The number of halogens is 2. The van der Waals surface area contributed by atoms with Gasteiger partial charge in [0.25, 0.3) is 0 Å². The topological polar surface area (TPSA) is 24.9 Å². The Kier molecular flexibility index (Phi) is 3.79. The van der Waals surface area contributed by atoms with Crippen LogP contribution in [0.1, 0.15) is 37.4 Å². The fourth-order valence-electron chi connectivity index (χ4n) is 2.90. The molecule has 0 saturated carbocycles. The predicted octanol–water partition coefficient (Wildman–Crippen LogP) is 4.73. The van der Waals surface area contributed by atoms with Crippen LogP contribution in [0.2, 0.25) is 5.02 Å². The molecule has 0 spiro atoms. The molecule has 0 atom stereocenters. The number of benzene rings is 1. The summed E-state index contributed by atoms with van der Waals surface area (Å²) in [5.41, 5.74) is 3.65. The Morgan fingerprint density at radius 2 is 2.10 bits per heavy atom. The highest BCUT2D eigenvalue weighted by Gasteiger charge is 2.21. The summed E-state index contributed by atoms with van der Waals surface area (Å²) in [7, 11) is 0. The number of rotatable bonds is 3. The highest BCUT2D eigenvalue weighted by molar-refractivity contribution is 6.36. The van der Waals surface area contributed by atoms with Gasteiger partial charge >= 0.3 is 0 Å². The molecule has 0 amide bonds. The van der Waals surface area contributed by atoms with E-state index in [1.54, 1.807) is 6.07 Å². The number of nitrogens with zero attached hydrogens (tertiary/aromatic N) is 1.